The lowest BCUT2D eigenvalue weighted by Crippen LogP contribution is -2.64. The first-order chi connectivity index (χ1) is 68.6. The van der Waals surface area contributed by atoms with Gasteiger partial charge in [-0.2, -0.15) is 0 Å². The Morgan fingerprint density at radius 3 is 1.03 bits per heavy atom. The van der Waals surface area contributed by atoms with Crippen LogP contribution in [0.5, 0.6) is 0 Å². The largest absolute Gasteiger partial charge is 0.481 e. The maximum Gasteiger partial charge on any atom is 0.471 e. The summed E-state index contributed by atoms with van der Waals surface area (Å²) < 4.78 is 66.4. The van der Waals surface area contributed by atoms with Crippen LogP contribution in [-0.2, 0) is 114 Å². The molecule has 822 valence electrons. The third-order valence-corrected chi connectivity index (χ3v) is 25.7. The van der Waals surface area contributed by atoms with E-state index in [1.54, 1.807) is 0 Å². The van der Waals surface area contributed by atoms with Crippen molar-refractivity contribution < 1.29 is 190 Å². The summed E-state index contributed by atoms with van der Waals surface area (Å²) in [6, 6.07) is -3.84. The zero-order valence-corrected chi connectivity index (χ0v) is 83.7. The monoisotopic (exact) mass is 2100 g/mol. The van der Waals surface area contributed by atoms with Crippen molar-refractivity contribution in [3.8, 4) is 0 Å². The Kier molecular flexibility index (Phi) is 60.2. The lowest BCUT2D eigenvalue weighted by Gasteiger charge is -2.42. The standard InChI is InChI=1S/C90H152N13O39PS/c1-51(108)96-71-79(123)75(119)60(47-104)139-87(71)134-37-20-12-28-65(112)91-32-17-10-25-58(102-68(115)30-14-22-39-136-89-73(98-53(3)110)81(125)77(121)62(49-106)141-89)84(128)100-56-43-55(83(127)95-36-35-93-67(114)27-9-8-16-34-94-86(130)64(46-70(117)118)144-42-24-7-6-19-41-138-143(131,132)133-5)44-57(45-56)101-85(129)59(103-69(116)31-15-23-40-137-90-74(99-54(4)111)82(126)78(122)63(50-107)142-90)26-11-18-33-92-66(113)29-13-21-38-135-88-72(97-52(2)109)80(124)76(120)61(48-105)140-88/h43-45,58-64,71-82,87-90,104-107,119-126H,6-42,46-50H2,1-5H3,(H,91,112)(H,92,113)(H,93,114)(H,94,130)(H,95,127)(H,96,108)(H,97,109)(H,98,110)(H,99,111)(H,100,128)(H,101,129)(H,102,115)(H,103,116)(H,117,118)(H,131,132)/t58-,59-,60?,61?,62?,63?,64?,71?,72?,73?,74?,75?,76?,77?,78?,79?,80?,81?,82?,87?,88?,89?,90?/m0/s1. The number of carboxylic acid groups (broad SMARTS) is 1. The molecule has 5 rings (SSSR count). The fourth-order valence-electron chi connectivity index (χ4n) is 15.7. The minimum Gasteiger partial charge on any atom is -0.481 e. The molecule has 54 heteroatoms. The van der Waals surface area contributed by atoms with Crippen LogP contribution in [0.2, 0.25) is 0 Å². The molecule has 4 aliphatic heterocycles. The Hall–Kier alpha value is -8.54. The third-order valence-electron chi connectivity index (χ3n) is 23.4. The predicted octanol–water partition coefficient (Wildman–Crippen LogP) is -4.95. The second kappa shape index (κ2) is 68.9. The van der Waals surface area contributed by atoms with Crippen molar-refractivity contribution in [3.63, 3.8) is 0 Å². The number of hydrogen-bond donors (Lipinski definition) is 27. The molecule has 27 N–H and O–H groups in total. The molecular weight excluding hydrogens is 1950 g/mol. The number of phosphoric ester groups is 1. The molecular formula is C90H152N13O39PS. The average Bonchev–Trinajstić information content (AvgIpc) is 0.817. The summed E-state index contributed by atoms with van der Waals surface area (Å²) in [7, 11) is -3.04. The van der Waals surface area contributed by atoms with Crippen LogP contribution >= 0.6 is 19.6 Å². The normalized spacial score (nSPS) is 25.2. The number of amides is 13. The Labute approximate surface area is 838 Å². The van der Waals surface area contributed by atoms with E-state index in [9.17, 15) is 143 Å². The summed E-state index contributed by atoms with van der Waals surface area (Å²) in [4.78, 5) is 194. The molecule has 4 aliphatic rings. The van der Waals surface area contributed by atoms with Gasteiger partial charge < -0.3 is 178 Å². The van der Waals surface area contributed by atoms with Crippen molar-refractivity contribution in [2.45, 2.75) is 341 Å². The Bertz CT molecular complexity index is 3980. The van der Waals surface area contributed by atoms with Crippen molar-refractivity contribution >= 4 is 114 Å². The molecule has 144 heavy (non-hydrogen) atoms. The van der Waals surface area contributed by atoms with Gasteiger partial charge >= 0.3 is 13.8 Å². The first-order valence-electron chi connectivity index (χ1n) is 48.8. The molecule has 4 heterocycles. The van der Waals surface area contributed by atoms with Gasteiger partial charge in [0.15, 0.2) is 25.2 Å². The number of carbonyl (C=O) groups excluding carboxylic acids is 13. The van der Waals surface area contributed by atoms with Crippen LogP contribution in [0.4, 0.5) is 11.4 Å². The third kappa shape index (κ3) is 47.3. The highest BCUT2D eigenvalue weighted by Crippen LogP contribution is 2.42. The molecule has 0 bridgehead atoms. The van der Waals surface area contributed by atoms with Crippen LogP contribution in [0.1, 0.15) is 211 Å². The number of carbonyl (C=O) groups is 14. The van der Waals surface area contributed by atoms with Gasteiger partial charge in [-0.15, -0.1) is 11.8 Å². The van der Waals surface area contributed by atoms with E-state index in [4.69, 9.17) is 42.4 Å². The number of aliphatic hydroxyl groups excluding tert-OH is 12. The number of hydrogen-bond acceptors (Lipinski definition) is 38. The molecule has 22 unspecified atom stereocenters. The summed E-state index contributed by atoms with van der Waals surface area (Å²) in [5, 5.41) is 167. The van der Waals surface area contributed by atoms with Crippen LogP contribution in [0.15, 0.2) is 18.2 Å². The summed E-state index contributed by atoms with van der Waals surface area (Å²) in [5.41, 5.74) is -0.465. The van der Waals surface area contributed by atoms with E-state index in [-0.39, 0.29) is 217 Å². The van der Waals surface area contributed by atoms with Crippen molar-refractivity contribution in [3.05, 3.63) is 23.8 Å². The number of anilines is 2. The zero-order chi connectivity index (χ0) is 106. The highest BCUT2D eigenvalue weighted by molar-refractivity contribution is 8.00. The van der Waals surface area contributed by atoms with Gasteiger partial charge in [-0.25, -0.2) is 4.57 Å². The average molecular weight is 2100 g/mol. The van der Waals surface area contributed by atoms with Crippen LogP contribution < -0.4 is 69.1 Å². The number of aliphatic carboxylic acids is 1. The van der Waals surface area contributed by atoms with Crippen molar-refractivity contribution in [2.75, 3.05) is 116 Å². The van der Waals surface area contributed by atoms with Gasteiger partial charge in [0.25, 0.3) is 5.91 Å². The molecule has 0 radical (unpaired) electrons. The second-order valence-electron chi connectivity index (χ2n) is 35.3. The molecule has 1 aromatic carbocycles. The van der Waals surface area contributed by atoms with Crippen LogP contribution in [0.3, 0.4) is 0 Å². The second-order valence-corrected chi connectivity index (χ2v) is 38.2. The Morgan fingerprint density at radius 1 is 0.375 bits per heavy atom. The van der Waals surface area contributed by atoms with E-state index in [1.165, 1.54) is 43.8 Å². The summed E-state index contributed by atoms with van der Waals surface area (Å²) >= 11 is 1.19. The van der Waals surface area contributed by atoms with Gasteiger partial charge in [0, 0.05) is 143 Å². The van der Waals surface area contributed by atoms with Gasteiger partial charge in [-0.3, -0.25) is 76.2 Å². The van der Waals surface area contributed by atoms with E-state index in [2.05, 4.69) is 73.6 Å². The molecule has 4 saturated heterocycles. The molecule has 13 amide bonds. The molecule has 0 spiro atoms. The van der Waals surface area contributed by atoms with E-state index in [0.717, 1.165) is 21.0 Å². The van der Waals surface area contributed by atoms with Crippen LogP contribution in [0.25, 0.3) is 0 Å². The first kappa shape index (κ1) is 126. The number of nitrogens with one attached hydrogen (secondary N) is 13. The summed E-state index contributed by atoms with van der Waals surface area (Å²) in [6.07, 6.45) is -17.5. The van der Waals surface area contributed by atoms with Crippen LogP contribution in [0, 0.1) is 0 Å². The van der Waals surface area contributed by atoms with Crippen molar-refractivity contribution in [1.29, 1.82) is 0 Å². The van der Waals surface area contributed by atoms with E-state index in [0.29, 0.717) is 50.7 Å². The first-order valence-corrected chi connectivity index (χ1v) is 51.3. The van der Waals surface area contributed by atoms with E-state index >= 15 is 0 Å². The highest BCUT2D eigenvalue weighted by Gasteiger charge is 2.50. The number of ether oxygens (including phenoxy) is 8. The number of phosphoric acid groups is 1. The predicted molar refractivity (Wildman–Crippen MR) is 509 cm³/mol. The number of rotatable bonds is 71. The fraction of sp³-hybridized carbons (Fsp3) is 0.778. The number of benzene rings is 1. The van der Waals surface area contributed by atoms with E-state index in [1.807, 2.05) is 0 Å². The minimum absolute atomic E-state index is 0.00542. The molecule has 1 aromatic rings. The topological polar surface area (TPSA) is 788 Å². The zero-order valence-electron chi connectivity index (χ0n) is 82.0. The van der Waals surface area contributed by atoms with Crippen LogP contribution in [-0.4, -0.2) is 399 Å². The van der Waals surface area contributed by atoms with Gasteiger partial charge in [0.2, 0.25) is 70.9 Å². The van der Waals surface area contributed by atoms with Crippen molar-refractivity contribution in [1.82, 2.24) is 58.5 Å². The number of thioether (sulfide) groups is 1. The Morgan fingerprint density at radius 2 is 0.688 bits per heavy atom. The minimum atomic E-state index is -4.09. The van der Waals surface area contributed by atoms with Crippen molar-refractivity contribution in [2.24, 2.45) is 0 Å². The maximum absolute atomic E-state index is 14.9. The number of aliphatic hydroxyl groups is 12. The van der Waals surface area contributed by atoms with Gasteiger partial charge in [0.1, 0.15) is 109 Å². The smallest absolute Gasteiger partial charge is 0.471 e. The highest BCUT2D eigenvalue weighted by atomic mass is 32.2. The number of carboxylic acids is 1. The van der Waals surface area contributed by atoms with Gasteiger partial charge in [-0.1, -0.05) is 19.3 Å². The molecule has 0 saturated carbocycles. The lowest BCUT2D eigenvalue weighted by molar-refractivity contribution is -0.270. The quantitative estimate of drug-likeness (QED) is 0.0215. The van der Waals surface area contributed by atoms with Gasteiger partial charge in [-0.05, 0) is 140 Å². The maximum atomic E-state index is 14.9. The molecule has 0 aromatic heterocycles. The Balaban J connectivity index is 1.35. The fourth-order valence-corrected chi connectivity index (χ4v) is 17.3. The lowest BCUT2D eigenvalue weighted by atomic mass is 9.97. The molecule has 52 nitrogen and oxygen atoms in total. The molecule has 0 aliphatic carbocycles. The summed E-state index contributed by atoms with van der Waals surface area (Å²) in [5.74, 6) is -8.39. The molecule has 4 fully saturated rings. The number of unbranched alkanes of at least 4 members (excludes halogenated alkanes) is 11. The molecule has 24 atom stereocenters. The van der Waals surface area contributed by atoms with Gasteiger partial charge in [0.05, 0.1) is 44.7 Å². The van der Waals surface area contributed by atoms with E-state index < -0.39 is 252 Å². The SMILES string of the molecule is COP(=O)(O)OCCCCCCSC(CC(=O)O)C(=O)NCCCCCC(=O)NCCNC(=O)c1cc(NC(=O)[C@H](CCCCNC(=O)CCCCOC2OC(CO)C(O)C(O)C2NC(C)=O)NC(=O)CCCCOC2OC(CO)C(O)C(O)C2NC(C)=O)cc(NC(=O)[C@H](CCCCNC(=O)CCCCOC2OC(CO)C(O)C(O)C2NC(C)=O)NC(=O)CCCCOC2OC(CO)C(O)C(O)C2NC(C)=O)c1. The summed E-state index contributed by atoms with van der Waals surface area (Å²) in [6.45, 7) is 1.72.